The Labute approximate surface area is 198 Å². The molecule has 1 fully saturated rings. The number of esters is 1. The molecule has 7 heteroatoms. The Morgan fingerprint density at radius 3 is 2.59 bits per heavy atom. The lowest BCUT2D eigenvalue weighted by Crippen LogP contribution is -2.43. The Bertz CT molecular complexity index is 1190. The fraction of sp³-hybridized carbons (Fsp3) is 0.333. The van der Waals surface area contributed by atoms with Crippen molar-refractivity contribution in [1.82, 2.24) is 9.47 Å². The van der Waals surface area contributed by atoms with E-state index in [1.54, 1.807) is 31.1 Å². The van der Waals surface area contributed by atoms with Crippen LogP contribution in [0.3, 0.4) is 0 Å². The number of hydrogen-bond acceptors (Lipinski definition) is 4. The first-order chi connectivity index (χ1) is 16.4. The Morgan fingerprint density at radius 2 is 1.88 bits per heavy atom. The molecule has 4 rings (SSSR count). The predicted molar refractivity (Wildman–Crippen MR) is 128 cm³/mol. The van der Waals surface area contributed by atoms with E-state index in [9.17, 15) is 14.0 Å². The van der Waals surface area contributed by atoms with Crippen LogP contribution in [-0.4, -0.2) is 48.1 Å². The summed E-state index contributed by atoms with van der Waals surface area (Å²) in [5.41, 5.74) is 3.71. The van der Waals surface area contributed by atoms with Crippen molar-refractivity contribution in [3.63, 3.8) is 0 Å². The number of carbonyl (C=O) groups excluding carboxylic acids is 2. The van der Waals surface area contributed by atoms with Gasteiger partial charge in [0.25, 0.3) is 5.91 Å². The van der Waals surface area contributed by atoms with Crippen molar-refractivity contribution in [2.45, 2.75) is 26.7 Å². The van der Waals surface area contributed by atoms with Crippen LogP contribution in [0.4, 0.5) is 4.39 Å². The van der Waals surface area contributed by atoms with Crippen LogP contribution in [0.1, 0.15) is 35.8 Å². The number of halogens is 1. The Kier molecular flexibility index (Phi) is 7.01. The third-order valence-electron chi connectivity index (χ3n) is 6.26. The number of hydrogen-bond donors (Lipinski definition) is 0. The molecule has 1 aromatic heterocycles. The monoisotopic (exact) mass is 464 g/mol. The van der Waals surface area contributed by atoms with Crippen LogP contribution < -0.4 is 4.74 Å². The molecule has 0 aliphatic carbocycles. The van der Waals surface area contributed by atoms with E-state index >= 15 is 0 Å². The van der Waals surface area contributed by atoms with Crippen molar-refractivity contribution in [3.8, 4) is 22.7 Å². The third-order valence-corrected chi connectivity index (χ3v) is 6.26. The zero-order valence-corrected chi connectivity index (χ0v) is 19.7. The van der Waals surface area contributed by atoms with E-state index in [4.69, 9.17) is 9.47 Å². The number of nitrogens with zero attached hydrogens (tertiary/aromatic N) is 2. The van der Waals surface area contributed by atoms with Gasteiger partial charge >= 0.3 is 5.97 Å². The number of rotatable bonds is 6. The van der Waals surface area contributed by atoms with Gasteiger partial charge in [0.1, 0.15) is 11.6 Å². The van der Waals surface area contributed by atoms with Gasteiger partial charge in [-0.05, 0) is 69.2 Å². The Hall–Kier alpha value is -3.61. The number of piperidine rings is 1. The molecule has 2 aromatic carbocycles. The highest BCUT2D eigenvalue weighted by Gasteiger charge is 2.31. The quantitative estimate of drug-likeness (QED) is 0.481. The molecule has 1 unspecified atom stereocenters. The van der Waals surface area contributed by atoms with Gasteiger partial charge in [0, 0.05) is 30.0 Å². The van der Waals surface area contributed by atoms with Crippen LogP contribution in [0, 0.1) is 18.7 Å². The normalized spacial score (nSPS) is 15.8. The molecular weight excluding hydrogens is 435 g/mol. The first-order valence-corrected chi connectivity index (χ1v) is 11.5. The largest absolute Gasteiger partial charge is 0.497 e. The first kappa shape index (κ1) is 23.5. The van der Waals surface area contributed by atoms with Gasteiger partial charge in [-0.15, -0.1) is 0 Å². The lowest BCUT2D eigenvalue weighted by molar-refractivity contribution is -0.149. The maximum absolute atomic E-state index is 13.6. The maximum Gasteiger partial charge on any atom is 0.310 e. The van der Waals surface area contributed by atoms with Crippen molar-refractivity contribution in [2.24, 2.45) is 5.92 Å². The number of ether oxygens (including phenoxy) is 2. The number of methoxy groups -OCH3 is 1. The molecule has 0 bridgehead atoms. The molecule has 1 amide bonds. The molecule has 34 heavy (non-hydrogen) atoms. The molecule has 178 valence electrons. The number of benzene rings is 2. The van der Waals surface area contributed by atoms with Crippen molar-refractivity contribution < 1.29 is 23.5 Å². The molecule has 0 saturated carbocycles. The van der Waals surface area contributed by atoms with Crippen LogP contribution >= 0.6 is 0 Å². The predicted octanol–water partition coefficient (Wildman–Crippen LogP) is 5.02. The summed E-state index contributed by atoms with van der Waals surface area (Å²) < 4.78 is 26.2. The average Bonchev–Trinajstić information content (AvgIpc) is 3.21. The fourth-order valence-electron chi connectivity index (χ4n) is 4.53. The summed E-state index contributed by atoms with van der Waals surface area (Å²) in [5.74, 6) is -0.321. The first-order valence-electron chi connectivity index (χ1n) is 11.5. The summed E-state index contributed by atoms with van der Waals surface area (Å²) in [7, 11) is 1.61. The highest BCUT2D eigenvalue weighted by molar-refractivity contribution is 5.97. The number of likely N-dealkylation sites (tertiary alicyclic amines) is 1. The lowest BCUT2D eigenvalue weighted by atomic mass is 9.97. The van der Waals surface area contributed by atoms with Crippen LogP contribution in [-0.2, 0) is 9.53 Å². The van der Waals surface area contributed by atoms with Gasteiger partial charge in [0.05, 0.1) is 30.9 Å². The summed E-state index contributed by atoms with van der Waals surface area (Å²) in [4.78, 5) is 27.6. The Balaban J connectivity index is 1.75. The Morgan fingerprint density at radius 1 is 1.12 bits per heavy atom. The minimum absolute atomic E-state index is 0.128. The molecule has 6 nitrogen and oxygen atoms in total. The van der Waals surface area contributed by atoms with Crippen molar-refractivity contribution >= 4 is 11.9 Å². The van der Waals surface area contributed by atoms with E-state index in [-0.39, 0.29) is 23.6 Å². The highest BCUT2D eigenvalue weighted by atomic mass is 19.1. The standard InChI is InChI=1S/C27H29FN2O4/c1-4-34-27(32)20-8-6-14-29(17-20)26(31)24-16-25(19-7-5-9-23(15-19)33-3)30(18(24)2)22-12-10-21(28)11-13-22/h5,7,9-13,15-16,20H,4,6,8,14,17H2,1-3H3. The molecule has 3 aromatic rings. The second-order valence-corrected chi connectivity index (χ2v) is 8.41. The molecular formula is C27H29FN2O4. The maximum atomic E-state index is 13.6. The number of amides is 1. The SMILES string of the molecule is CCOC(=O)C1CCCN(C(=O)c2cc(-c3cccc(OC)c3)n(-c3ccc(F)cc3)c2C)C1. The molecule has 2 heterocycles. The van der Waals surface area contributed by atoms with Crippen molar-refractivity contribution in [1.29, 1.82) is 0 Å². The van der Waals surface area contributed by atoms with Gasteiger partial charge in [-0.2, -0.15) is 0 Å². The summed E-state index contributed by atoms with van der Waals surface area (Å²) >= 11 is 0. The van der Waals surface area contributed by atoms with Gasteiger partial charge in [-0.1, -0.05) is 12.1 Å². The summed E-state index contributed by atoms with van der Waals surface area (Å²) in [6.45, 7) is 4.92. The summed E-state index contributed by atoms with van der Waals surface area (Å²) in [5, 5.41) is 0. The van der Waals surface area contributed by atoms with Gasteiger partial charge in [0.15, 0.2) is 0 Å². The minimum atomic E-state index is -0.328. The van der Waals surface area contributed by atoms with Crippen molar-refractivity contribution in [2.75, 3.05) is 26.8 Å². The van der Waals surface area contributed by atoms with E-state index < -0.39 is 0 Å². The third kappa shape index (κ3) is 4.69. The van der Waals surface area contributed by atoms with Gasteiger partial charge < -0.3 is 18.9 Å². The van der Waals surface area contributed by atoms with E-state index in [1.807, 2.05) is 41.8 Å². The summed E-state index contributed by atoms with van der Waals surface area (Å²) in [6, 6.07) is 15.7. The fourth-order valence-corrected chi connectivity index (χ4v) is 4.53. The molecule has 1 aliphatic rings. The molecule has 0 radical (unpaired) electrons. The number of carbonyl (C=O) groups is 2. The van der Waals surface area contributed by atoms with Crippen LogP contribution in [0.2, 0.25) is 0 Å². The molecule has 1 saturated heterocycles. The van der Waals surface area contributed by atoms with E-state index in [2.05, 4.69) is 0 Å². The molecule has 0 N–H and O–H groups in total. The second kappa shape index (κ2) is 10.1. The van der Waals surface area contributed by atoms with Gasteiger partial charge in [-0.25, -0.2) is 4.39 Å². The highest BCUT2D eigenvalue weighted by Crippen LogP contribution is 2.33. The zero-order valence-electron chi connectivity index (χ0n) is 19.7. The van der Waals surface area contributed by atoms with Crippen LogP contribution in [0.25, 0.3) is 16.9 Å². The van der Waals surface area contributed by atoms with E-state index in [0.29, 0.717) is 37.4 Å². The zero-order chi connectivity index (χ0) is 24.2. The van der Waals surface area contributed by atoms with Crippen molar-refractivity contribution in [3.05, 3.63) is 71.7 Å². The molecule has 1 atom stereocenters. The van der Waals surface area contributed by atoms with Crippen LogP contribution in [0.15, 0.2) is 54.6 Å². The van der Waals surface area contributed by atoms with E-state index in [1.165, 1.54) is 12.1 Å². The average molecular weight is 465 g/mol. The molecule has 0 spiro atoms. The van der Waals surface area contributed by atoms with Gasteiger partial charge in [-0.3, -0.25) is 9.59 Å². The minimum Gasteiger partial charge on any atom is -0.497 e. The number of aromatic nitrogens is 1. The summed E-state index contributed by atoms with van der Waals surface area (Å²) in [6.07, 6.45) is 1.46. The van der Waals surface area contributed by atoms with Crippen LogP contribution in [0.5, 0.6) is 5.75 Å². The lowest BCUT2D eigenvalue weighted by Gasteiger charge is -2.31. The van der Waals surface area contributed by atoms with Gasteiger partial charge in [0.2, 0.25) is 0 Å². The smallest absolute Gasteiger partial charge is 0.310 e. The van der Waals surface area contributed by atoms with E-state index in [0.717, 1.165) is 29.1 Å². The second-order valence-electron chi connectivity index (χ2n) is 8.41. The topological polar surface area (TPSA) is 60.8 Å². The molecule has 1 aliphatic heterocycles.